The van der Waals surface area contributed by atoms with Gasteiger partial charge < -0.3 is 10.6 Å². The van der Waals surface area contributed by atoms with E-state index < -0.39 is 0 Å². The van der Waals surface area contributed by atoms with Gasteiger partial charge in [-0.1, -0.05) is 36.4 Å². The maximum absolute atomic E-state index is 3.61. The van der Waals surface area contributed by atoms with E-state index in [0.717, 1.165) is 19.0 Å². The minimum Gasteiger partial charge on any atom is -0.385 e. The highest BCUT2D eigenvalue weighted by molar-refractivity contribution is 5.51. The Morgan fingerprint density at radius 2 is 1.81 bits per heavy atom. The van der Waals surface area contributed by atoms with E-state index in [0.29, 0.717) is 0 Å². The van der Waals surface area contributed by atoms with Gasteiger partial charge in [-0.2, -0.15) is 0 Å². The molecule has 0 fully saturated rings. The van der Waals surface area contributed by atoms with E-state index in [1.54, 1.807) is 0 Å². The van der Waals surface area contributed by atoms with Crippen LogP contribution >= 0.6 is 0 Å². The van der Waals surface area contributed by atoms with Crippen molar-refractivity contribution in [2.24, 2.45) is 5.92 Å². The maximum atomic E-state index is 3.61. The molecule has 0 saturated carbocycles. The second-order valence-electron chi connectivity index (χ2n) is 5.88. The first-order valence-electron chi connectivity index (χ1n) is 8.02. The summed E-state index contributed by atoms with van der Waals surface area (Å²) >= 11 is 0. The molecule has 2 heteroatoms. The number of para-hydroxylation sites is 2. The zero-order valence-corrected chi connectivity index (χ0v) is 12.5. The van der Waals surface area contributed by atoms with Crippen LogP contribution in [0.5, 0.6) is 0 Å². The molecule has 0 aromatic heterocycles. The third kappa shape index (κ3) is 4.01. The second-order valence-corrected chi connectivity index (χ2v) is 5.88. The van der Waals surface area contributed by atoms with Crippen molar-refractivity contribution in [1.82, 2.24) is 0 Å². The molecule has 1 aliphatic rings. The number of benzene rings is 2. The Morgan fingerprint density at radius 1 is 1.00 bits per heavy atom. The van der Waals surface area contributed by atoms with Crippen LogP contribution in [0.3, 0.4) is 0 Å². The van der Waals surface area contributed by atoms with Gasteiger partial charge in [-0.05, 0) is 55.4 Å². The molecule has 2 N–H and O–H groups in total. The summed E-state index contributed by atoms with van der Waals surface area (Å²) in [5.74, 6) is 0.787. The van der Waals surface area contributed by atoms with Gasteiger partial charge in [0, 0.05) is 24.5 Å². The standard InChI is InChI=1S/C19H24N2/c1-2-9-18(10-3-1)20-14-6-7-16-12-13-17-8-4-5-11-19(17)21-15-16/h1-5,8-11,16,20-21H,6-7,12-15H2. The van der Waals surface area contributed by atoms with E-state index in [1.165, 1.54) is 42.6 Å². The largest absolute Gasteiger partial charge is 0.385 e. The summed E-state index contributed by atoms with van der Waals surface area (Å²) in [5.41, 5.74) is 4.04. The highest BCUT2D eigenvalue weighted by Gasteiger charge is 2.14. The lowest BCUT2D eigenvalue weighted by molar-refractivity contribution is 0.470. The Kier molecular flexibility index (Phi) is 4.78. The monoisotopic (exact) mass is 280 g/mol. The quantitative estimate of drug-likeness (QED) is 0.785. The van der Waals surface area contributed by atoms with Crippen molar-refractivity contribution in [2.45, 2.75) is 25.7 Å². The molecule has 2 aromatic rings. The van der Waals surface area contributed by atoms with Gasteiger partial charge in [-0.25, -0.2) is 0 Å². The van der Waals surface area contributed by atoms with Crippen LogP contribution in [0, 0.1) is 5.92 Å². The number of anilines is 2. The smallest absolute Gasteiger partial charge is 0.0372 e. The lowest BCUT2D eigenvalue weighted by atomic mass is 9.96. The molecule has 3 rings (SSSR count). The number of fused-ring (bicyclic) bond motifs is 1. The number of nitrogens with one attached hydrogen (secondary N) is 2. The van der Waals surface area contributed by atoms with Crippen LogP contribution in [0.25, 0.3) is 0 Å². The van der Waals surface area contributed by atoms with E-state index in [2.05, 4.69) is 65.2 Å². The third-order valence-corrected chi connectivity index (χ3v) is 4.31. The minimum atomic E-state index is 0.787. The topological polar surface area (TPSA) is 24.1 Å². The van der Waals surface area contributed by atoms with E-state index in [4.69, 9.17) is 0 Å². The predicted octanol–water partition coefficient (Wildman–Crippen LogP) is 4.55. The molecule has 0 bridgehead atoms. The van der Waals surface area contributed by atoms with Gasteiger partial charge in [0.15, 0.2) is 0 Å². The highest BCUT2D eigenvalue weighted by atomic mass is 14.9. The molecule has 2 nitrogen and oxygen atoms in total. The van der Waals surface area contributed by atoms with Crippen molar-refractivity contribution in [3.05, 3.63) is 60.2 Å². The summed E-state index contributed by atoms with van der Waals surface area (Å²) in [4.78, 5) is 0. The first-order chi connectivity index (χ1) is 10.4. The van der Waals surface area contributed by atoms with Gasteiger partial charge in [-0.3, -0.25) is 0 Å². The number of hydrogen-bond donors (Lipinski definition) is 2. The van der Waals surface area contributed by atoms with Crippen LogP contribution in [-0.4, -0.2) is 13.1 Å². The Morgan fingerprint density at radius 3 is 2.71 bits per heavy atom. The predicted molar refractivity (Wildman–Crippen MR) is 90.9 cm³/mol. The second kappa shape index (κ2) is 7.16. The normalized spacial score (nSPS) is 17.4. The fourth-order valence-electron chi connectivity index (χ4n) is 3.05. The van der Waals surface area contributed by atoms with E-state index >= 15 is 0 Å². The number of hydrogen-bond acceptors (Lipinski definition) is 2. The Labute approximate surface area is 127 Å². The number of rotatable bonds is 5. The molecule has 1 atom stereocenters. The summed E-state index contributed by atoms with van der Waals surface area (Å²) in [5, 5.41) is 7.11. The highest BCUT2D eigenvalue weighted by Crippen LogP contribution is 2.25. The molecule has 110 valence electrons. The Bertz CT molecular complexity index is 524. The summed E-state index contributed by atoms with van der Waals surface area (Å²) in [7, 11) is 0. The first kappa shape index (κ1) is 14.0. The molecule has 0 amide bonds. The molecule has 1 unspecified atom stereocenters. The average Bonchev–Trinajstić information content (AvgIpc) is 2.75. The molecule has 0 aliphatic carbocycles. The van der Waals surface area contributed by atoms with Crippen LogP contribution in [0.4, 0.5) is 11.4 Å². The zero-order valence-electron chi connectivity index (χ0n) is 12.5. The molecule has 1 heterocycles. The fourth-order valence-corrected chi connectivity index (χ4v) is 3.05. The van der Waals surface area contributed by atoms with Gasteiger partial charge in [-0.15, -0.1) is 0 Å². The van der Waals surface area contributed by atoms with Crippen LogP contribution < -0.4 is 10.6 Å². The van der Waals surface area contributed by atoms with E-state index in [1.807, 2.05) is 0 Å². The van der Waals surface area contributed by atoms with E-state index in [-0.39, 0.29) is 0 Å². The lowest BCUT2D eigenvalue weighted by Crippen LogP contribution is -2.14. The van der Waals surface area contributed by atoms with Crippen LogP contribution in [-0.2, 0) is 6.42 Å². The fraction of sp³-hybridized carbons (Fsp3) is 0.368. The van der Waals surface area contributed by atoms with Gasteiger partial charge in [0.1, 0.15) is 0 Å². The molecule has 0 spiro atoms. The van der Waals surface area contributed by atoms with Gasteiger partial charge in [0.05, 0.1) is 0 Å². The molecule has 0 saturated heterocycles. The molecule has 2 aromatic carbocycles. The molecule has 1 aliphatic heterocycles. The maximum Gasteiger partial charge on any atom is 0.0372 e. The Hall–Kier alpha value is -1.96. The van der Waals surface area contributed by atoms with Gasteiger partial charge >= 0.3 is 0 Å². The average molecular weight is 280 g/mol. The SMILES string of the molecule is c1ccc(NCCCC2CCc3ccccc3NC2)cc1. The van der Waals surface area contributed by atoms with Crippen LogP contribution in [0.1, 0.15) is 24.8 Å². The first-order valence-corrected chi connectivity index (χ1v) is 8.02. The van der Waals surface area contributed by atoms with Crippen molar-refractivity contribution >= 4 is 11.4 Å². The summed E-state index contributed by atoms with van der Waals surface area (Å²) in [6.45, 7) is 2.18. The summed E-state index contributed by atoms with van der Waals surface area (Å²) in [6.07, 6.45) is 5.04. The van der Waals surface area contributed by atoms with Crippen LogP contribution in [0.2, 0.25) is 0 Å². The van der Waals surface area contributed by atoms with Crippen LogP contribution in [0.15, 0.2) is 54.6 Å². The summed E-state index contributed by atoms with van der Waals surface area (Å²) < 4.78 is 0. The molecule has 21 heavy (non-hydrogen) atoms. The lowest BCUT2D eigenvalue weighted by Gasteiger charge is -2.15. The minimum absolute atomic E-state index is 0.787. The zero-order chi connectivity index (χ0) is 14.3. The van der Waals surface area contributed by atoms with Crippen molar-refractivity contribution in [2.75, 3.05) is 23.7 Å². The van der Waals surface area contributed by atoms with Crippen molar-refractivity contribution in [3.8, 4) is 0 Å². The molecule has 0 radical (unpaired) electrons. The van der Waals surface area contributed by atoms with Crippen molar-refractivity contribution in [1.29, 1.82) is 0 Å². The third-order valence-electron chi connectivity index (χ3n) is 4.31. The molecular weight excluding hydrogens is 256 g/mol. The van der Waals surface area contributed by atoms with Gasteiger partial charge in [0.25, 0.3) is 0 Å². The van der Waals surface area contributed by atoms with E-state index in [9.17, 15) is 0 Å². The molecular formula is C19H24N2. The Balaban J connectivity index is 1.41. The van der Waals surface area contributed by atoms with Crippen molar-refractivity contribution < 1.29 is 0 Å². The number of aryl methyl sites for hydroxylation is 1. The van der Waals surface area contributed by atoms with Gasteiger partial charge in [0.2, 0.25) is 0 Å². The summed E-state index contributed by atoms with van der Waals surface area (Å²) in [6, 6.07) is 19.2. The van der Waals surface area contributed by atoms with Crippen molar-refractivity contribution in [3.63, 3.8) is 0 Å².